The van der Waals surface area contributed by atoms with Crippen LogP contribution in [-0.4, -0.2) is 24.1 Å². The molecule has 12 rings (SSSR count). The molecule has 0 aliphatic heterocycles. The second-order valence-corrected chi connectivity index (χ2v) is 14.4. The summed E-state index contributed by atoms with van der Waals surface area (Å²) in [6.45, 7) is 0. The fraction of sp³-hybridized carbons (Fsp3) is 0. The lowest BCUT2D eigenvalue weighted by Gasteiger charge is -2.13. The molecule has 0 bridgehead atoms. The zero-order chi connectivity index (χ0) is 37.5. The van der Waals surface area contributed by atoms with Crippen LogP contribution in [-0.2, 0) is 0 Å². The smallest absolute Gasteiger partial charge is 0.164 e. The number of hydrogen-bond acceptors (Lipinski definition) is 4. The average Bonchev–Trinajstić information content (AvgIpc) is 3.93. The van der Waals surface area contributed by atoms with Crippen LogP contribution in [0.4, 0.5) is 0 Å². The van der Waals surface area contributed by atoms with E-state index in [2.05, 4.69) is 124 Å². The normalized spacial score (nSPS) is 11.9. The zero-order valence-electron chi connectivity index (χ0n) is 30.5. The van der Waals surface area contributed by atoms with Gasteiger partial charge in [0.25, 0.3) is 0 Å². The molecule has 0 aliphatic rings. The first-order valence-electron chi connectivity index (χ1n) is 19.1. The largest absolute Gasteiger partial charge is 0.456 e. The van der Waals surface area contributed by atoms with Crippen molar-refractivity contribution >= 4 is 65.6 Å². The first-order valence-corrected chi connectivity index (χ1v) is 19.1. The van der Waals surface area contributed by atoms with E-state index in [1.807, 2.05) is 72.8 Å². The molecule has 4 heterocycles. The van der Waals surface area contributed by atoms with Crippen molar-refractivity contribution in [3.63, 3.8) is 0 Å². The highest BCUT2D eigenvalue weighted by Crippen LogP contribution is 2.44. The maximum atomic E-state index is 6.46. The van der Waals surface area contributed by atoms with Crippen molar-refractivity contribution in [2.24, 2.45) is 0 Å². The van der Waals surface area contributed by atoms with Gasteiger partial charge in [0, 0.05) is 66.4 Å². The van der Waals surface area contributed by atoms with Gasteiger partial charge in [-0.3, -0.25) is 0 Å². The molecule has 0 N–H and O–H groups in total. The molecule has 12 aromatic rings. The molecule has 0 spiro atoms. The maximum absolute atomic E-state index is 6.46. The van der Waals surface area contributed by atoms with Crippen LogP contribution in [0.25, 0.3) is 111 Å². The Morgan fingerprint density at radius 1 is 0.316 bits per heavy atom. The van der Waals surface area contributed by atoms with E-state index in [1.54, 1.807) is 0 Å². The van der Waals surface area contributed by atoms with Crippen LogP contribution in [0.15, 0.2) is 192 Å². The highest BCUT2D eigenvalue weighted by Gasteiger charge is 2.23. The monoisotopic (exact) mass is 729 g/mol. The fourth-order valence-electron chi connectivity index (χ4n) is 8.58. The molecule has 6 heteroatoms. The summed E-state index contributed by atoms with van der Waals surface area (Å²) in [7, 11) is 0. The molecule has 0 aliphatic carbocycles. The molecule has 0 saturated heterocycles. The second-order valence-electron chi connectivity index (χ2n) is 14.4. The maximum Gasteiger partial charge on any atom is 0.164 e. The van der Waals surface area contributed by atoms with Gasteiger partial charge < -0.3 is 13.6 Å². The SMILES string of the molecule is c1ccc(-c2nc(-c3ccccc3)nc(-c3ccc(-n4c5ccccc5c5ccc6c7cc8c(cc7n(-c7ccccc7)c6c54)oc4ccccc48)cc3)n2)cc1. The van der Waals surface area contributed by atoms with Crippen molar-refractivity contribution in [1.82, 2.24) is 24.1 Å². The minimum absolute atomic E-state index is 0.625. The van der Waals surface area contributed by atoms with E-state index >= 15 is 0 Å². The van der Waals surface area contributed by atoms with Gasteiger partial charge in [0.15, 0.2) is 17.5 Å². The second kappa shape index (κ2) is 12.3. The predicted octanol–water partition coefficient (Wildman–Crippen LogP) is 13.0. The molecule has 57 heavy (non-hydrogen) atoms. The number of rotatable bonds is 5. The van der Waals surface area contributed by atoms with Crippen molar-refractivity contribution in [2.75, 3.05) is 0 Å². The van der Waals surface area contributed by atoms with Gasteiger partial charge in [0.1, 0.15) is 11.2 Å². The molecule has 4 aromatic heterocycles. The molecule has 0 fully saturated rings. The Morgan fingerprint density at radius 2 is 0.807 bits per heavy atom. The molecule has 0 radical (unpaired) electrons. The number of hydrogen-bond donors (Lipinski definition) is 0. The van der Waals surface area contributed by atoms with Crippen LogP contribution in [0.3, 0.4) is 0 Å². The Bertz CT molecular complexity index is 3430. The lowest BCUT2D eigenvalue weighted by atomic mass is 10.1. The zero-order valence-corrected chi connectivity index (χ0v) is 30.5. The third kappa shape index (κ3) is 4.87. The van der Waals surface area contributed by atoms with E-state index in [1.165, 1.54) is 21.5 Å². The number of para-hydroxylation sites is 3. The summed E-state index contributed by atoms with van der Waals surface area (Å²) in [5, 5.41) is 6.98. The summed E-state index contributed by atoms with van der Waals surface area (Å²) in [4.78, 5) is 14.9. The minimum Gasteiger partial charge on any atom is -0.456 e. The average molecular weight is 730 g/mol. The van der Waals surface area contributed by atoms with Gasteiger partial charge in [-0.05, 0) is 54.6 Å². The third-order valence-electron chi connectivity index (χ3n) is 11.2. The van der Waals surface area contributed by atoms with Crippen molar-refractivity contribution in [2.45, 2.75) is 0 Å². The van der Waals surface area contributed by atoms with Crippen molar-refractivity contribution in [3.8, 4) is 45.5 Å². The summed E-state index contributed by atoms with van der Waals surface area (Å²) < 4.78 is 11.3. The molecule has 0 amide bonds. The third-order valence-corrected chi connectivity index (χ3v) is 11.2. The Balaban J connectivity index is 1.11. The summed E-state index contributed by atoms with van der Waals surface area (Å²) in [6, 6.07) is 65.6. The molecule has 0 unspecified atom stereocenters. The highest BCUT2D eigenvalue weighted by atomic mass is 16.3. The van der Waals surface area contributed by atoms with E-state index in [4.69, 9.17) is 19.4 Å². The summed E-state index contributed by atoms with van der Waals surface area (Å²) in [5.74, 6) is 1.91. The van der Waals surface area contributed by atoms with Crippen LogP contribution in [0, 0.1) is 0 Å². The number of benzene rings is 8. The van der Waals surface area contributed by atoms with Crippen LogP contribution >= 0.6 is 0 Å². The molecule has 0 saturated carbocycles. The lowest BCUT2D eigenvalue weighted by molar-refractivity contribution is 0.669. The Kier molecular flexibility index (Phi) is 6.83. The van der Waals surface area contributed by atoms with Gasteiger partial charge >= 0.3 is 0 Å². The Hall–Kier alpha value is -7.83. The van der Waals surface area contributed by atoms with E-state index in [0.29, 0.717) is 17.5 Å². The molecular formula is C51H31N5O. The van der Waals surface area contributed by atoms with Crippen LogP contribution in [0.1, 0.15) is 0 Å². The minimum atomic E-state index is 0.625. The predicted molar refractivity (Wildman–Crippen MR) is 232 cm³/mol. The number of nitrogens with zero attached hydrogens (tertiary/aromatic N) is 5. The first kappa shape index (κ1) is 31.5. The van der Waals surface area contributed by atoms with Crippen LogP contribution in [0.2, 0.25) is 0 Å². The number of aromatic nitrogens is 5. The van der Waals surface area contributed by atoms with Crippen LogP contribution in [0.5, 0.6) is 0 Å². The molecular weight excluding hydrogens is 699 g/mol. The standard InChI is InChI=1S/C51H31N5O/c1-4-14-32(15-5-1)49-52-50(33-16-6-2-7-17-33)54-51(53-49)34-24-26-36(27-25-34)55-43-22-12-10-20-37(43)39-28-29-40-41-30-42-38-21-11-13-23-45(38)57-46(42)31-44(41)56(48(40)47(39)55)35-18-8-3-9-19-35/h1-31H. The number of furan rings is 1. The molecule has 0 atom stereocenters. The van der Waals surface area contributed by atoms with E-state index in [0.717, 1.165) is 72.1 Å². The lowest BCUT2D eigenvalue weighted by Crippen LogP contribution is -2.01. The van der Waals surface area contributed by atoms with Crippen LogP contribution < -0.4 is 0 Å². The van der Waals surface area contributed by atoms with Gasteiger partial charge in [-0.15, -0.1) is 0 Å². The van der Waals surface area contributed by atoms with Gasteiger partial charge in [0.05, 0.1) is 22.1 Å². The Morgan fingerprint density at radius 3 is 1.46 bits per heavy atom. The van der Waals surface area contributed by atoms with Gasteiger partial charge in [-0.25, -0.2) is 15.0 Å². The first-order chi connectivity index (χ1) is 28.3. The van der Waals surface area contributed by atoms with Crippen molar-refractivity contribution in [3.05, 3.63) is 188 Å². The molecule has 266 valence electrons. The van der Waals surface area contributed by atoms with E-state index < -0.39 is 0 Å². The van der Waals surface area contributed by atoms with E-state index in [9.17, 15) is 0 Å². The van der Waals surface area contributed by atoms with Crippen molar-refractivity contribution < 1.29 is 4.42 Å². The Labute approximate surface area is 326 Å². The highest BCUT2D eigenvalue weighted by molar-refractivity contribution is 6.25. The summed E-state index contributed by atoms with van der Waals surface area (Å²) >= 11 is 0. The van der Waals surface area contributed by atoms with Gasteiger partial charge in [0.2, 0.25) is 0 Å². The number of fused-ring (bicyclic) bond motifs is 10. The van der Waals surface area contributed by atoms with Crippen molar-refractivity contribution in [1.29, 1.82) is 0 Å². The molecule has 6 nitrogen and oxygen atoms in total. The summed E-state index contributed by atoms with van der Waals surface area (Å²) in [5.41, 5.74) is 11.2. The quantitative estimate of drug-likeness (QED) is 0.177. The summed E-state index contributed by atoms with van der Waals surface area (Å²) in [6.07, 6.45) is 0. The topological polar surface area (TPSA) is 61.7 Å². The van der Waals surface area contributed by atoms with Gasteiger partial charge in [-0.1, -0.05) is 127 Å². The van der Waals surface area contributed by atoms with E-state index in [-0.39, 0.29) is 0 Å². The van der Waals surface area contributed by atoms with Gasteiger partial charge in [-0.2, -0.15) is 0 Å². The fourth-order valence-corrected chi connectivity index (χ4v) is 8.58. The molecule has 8 aromatic carbocycles.